The largest absolute Gasteiger partial charge is 0.353 e. The van der Waals surface area contributed by atoms with E-state index in [1.807, 2.05) is 0 Å². The zero-order chi connectivity index (χ0) is 36.5. The van der Waals surface area contributed by atoms with Gasteiger partial charge in [-0.25, -0.2) is 0 Å². The lowest BCUT2D eigenvalue weighted by Gasteiger charge is -2.30. The Kier molecular flexibility index (Phi) is 18.3. The minimum atomic E-state index is -0.224. The molecule has 0 bridgehead atoms. The highest BCUT2D eigenvalue weighted by Crippen LogP contribution is 2.42. The summed E-state index contributed by atoms with van der Waals surface area (Å²) in [5.74, 6) is 0.460. The lowest BCUT2D eigenvalue weighted by atomic mass is 9.89. The number of carbonyl (C=O) groups excluding carboxylic acids is 1. The molecule has 53 heavy (non-hydrogen) atoms. The van der Waals surface area contributed by atoms with Gasteiger partial charge in [-0.3, -0.25) is 4.79 Å². The molecule has 1 aromatic heterocycles. The lowest BCUT2D eigenvalue weighted by molar-refractivity contribution is -0.203. The summed E-state index contributed by atoms with van der Waals surface area (Å²) >= 11 is 5.41. The third-order valence-corrected chi connectivity index (χ3v) is 12.8. The first-order chi connectivity index (χ1) is 26.1. The van der Waals surface area contributed by atoms with Crippen LogP contribution in [0.15, 0.2) is 40.2 Å². The second-order valence-electron chi connectivity index (χ2n) is 15.3. The van der Waals surface area contributed by atoms with Crippen LogP contribution < -0.4 is 0 Å². The smallest absolute Gasteiger partial charge is 0.158 e. The van der Waals surface area contributed by atoms with E-state index in [1.165, 1.54) is 4.88 Å². The van der Waals surface area contributed by atoms with Gasteiger partial charge in [0.2, 0.25) is 0 Å². The summed E-state index contributed by atoms with van der Waals surface area (Å²) in [7, 11) is 0. The van der Waals surface area contributed by atoms with E-state index < -0.39 is 0 Å². The molecule has 1 aromatic rings. The van der Waals surface area contributed by atoms with Crippen molar-refractivity contribution in [2.45, 2.75) is 165 Å². The maximum Gasteiger partial charge on any atom is 0.158 e. The highest BCUT2D eigenvalue weighted by Gasteiger charge is 2.45. The molecule has 0 amide bonds. The molecular weight excluding hydrogens is 760 g/mol. The van der Waals surface area contributed by atoms with Gasteiger partial charge in [0.15, 0.2) is 30.9 Å². The molecule has 0 N–H and O–H groups in total. The van der Waals surface area contributed by atoms with E-state index >= 15 is 0 Å². The van der Waals surface area contributed by atoms with Gasteiger partial charge in [0.1, 0.15) is 6.61 Å². The van der Waals surface area contributed by atoms with E-state index in [9.17, 15) is 4.79 Å². The highest BCUT2D eigenvalue weighted by atomic mass is 79.9. The van der Waals surface area contributed by atoms with Crippen LogP contribution in [0.3, 0.4) is 0 Å². The molecule has 1 aliphatic carbocycles. The summed E-state index contributed by atoms with van der Waals surface area (Å²) < 4.78 is 51.0. The van der Waals surface area contributed by atoms with Crippen LogP contribution in [0.25, 0.3) is 0 Å². The monoisotopic (exact) mass is 822 g/mol. The number of rotatable bonds is 20. The molecule has 0 radical (unpaired) electrons. The molecule has 0 spiro atoms. The number of allylic oxidation sites excluding steroid dienone is 2. The second-order valence-corrected chi connectivity index (χ2v) is 17.8. The maximum atomic E-state index is 12.5. The normalized spacial score (nSPS) is 32.1. The molecule has 0 aromatic carbocycles. The van der Waals surface area contributed by atoms with Crippen molar-refractivity contribution in [2.75, 3.05) is 33.0 Å². The number of aryl methyl sites for hydroxylation is 1. The van der Waals surface area contributed by atoms with Crippen molar-refractivity contribution in [1.82, 2.24) is 0 Å². The molecular formula is C42H63BrO9S. The Balaban J connectivity index is 1.12. The van der Waals surface area contributed by atoms with E-state index in [1.54, 1.807) is 11.3 Å². The van der Waals surface area contributed by atoms with Crippen molar-refractivity contribution in [3.8, 4) is 0 Å². The van der Waals surface area contributed by atoms with Crippen LogP contribution in [0.2, 0.25) is 0 Å². The molecule has 9 nitrogen and oxygen atoms in total. The van der Waals surface area contributed by atoms with E-state index in [0.717, 1.165) is 146 Å². The molecule has 298 valence electrons. The van der Waals surface area contributed by atoms with E-state index in [2.05, 4.69) is 52.4 Å². The molecule has 11 heteroatoms. The molecule has 5 heterocycles. The fourth-order valence-corrected chi connectivity index (χ4v) is 9.62. The molecule has 4 aliphatic heterocycles. The Hall–Kier alpha value is -0.990. The van der Waals surface area contributed by atoms with Gasteiger partial charge in [-0.1, -0.05) is 24.3 Å². The predicted molar refractivity (Wildman–Crippen MR) is 209 cm³/mol. The van der Waals surface area contributed by atoms with Crippen LogP contribution in [0.1, 0.15) is 120 Å². The first kappa shape index (κ1) is 41.6. The van der Waals surface area contributed by atoms with E-state index in [4.69, 9.17) is 37.9 Å². The highest BCUT2D eigenvalue weighted by molar-refractivity contribution is 9.11. The summed E-state index contributed by atoms with van der Waals surface area (Å²) in [5.41, 5.74) is 0. The van der Waals surface area contributed by atoms with Crippen LogP contribution in [0.4, 0.5) is 0 Å². The van der Waals surface area contributed by atoms with Gasteiger partial charge in [0, 0.05) is 50.1 Å². The molecule has 4 saturated heterocycles. The molecule has 9 atom stereocenters. The Morgan fingerprint density at radius 2 is 1.45 bits per heavy atom. The topological polar surface area (TPSA) is 90.9 Å². The number of Topliss-reactive ketones (excluding diaryl/α,β-unsaturated/α-hetero) is 1. The summed E-state index contributed by atoms with van der Waals surface area (Å²) in [6.07, 6.45) is 26.4. The fourth-order valence-electron chi connectivity index (χ4n) is 8.12. The van der Waals surface area contributed by atoms with Gasteiger partial charge < -0.3 is 37.9 Å². The second kappa shape index (κ2) is 23.3. The maximum absolute atomic E-state index is 12.5. The average Bonchev–Trinajstić information content (AvgIpc) is 3.76. The number of unbranched alkanes of at least 4 members (excludes halogenated alkanes) is 1. The van der Waals surface area contributed by atoms with Crippen molar-refractivity contribution in [1.29, 1.82) is 0 Å². The number of ketones is 1. The van der Waals surface area contributed by atoms with E-state index in [0.29, 0.717) is 6.42 Å². The van der Waals surface area contributed by atoms with Crippen LogP contribution in [-0.2, 0) is 49.1 Å². The zero-order valence-corrected chi connectivity index (χ0v) is 34.0. The summed E-state index contributed by atoms with van der Waals surface area (Å²) in [6.45, 7) is 3.12. The first-order valence-electron chi connectivity index (χ1n) is 20.7. The summed E-state index contributed by atoms with van der Waals surface area (Å²) in [5, 5.41) is 0. The third kappa shape index (κ3) is 14.5. The van der Waals surface area contributed by atoms with Gasteiger partial charge >= 0.3 is 0 Å². The van der Waals surface area contributed by atoms with Gasteiger partial charge in [0.05, 0.1) is 22.1 Å². The van der Waals surface area contributed by atoms with Crippen LogP contribution >= 0.6 is 27.3 Å². The van der Waals surface area contributed by atoms with Gasteiger partial charge in [-0.15, -0.1) is 11.3 Å². The number of hydrogen-bond donors (Lipinski definition) is 0. The number of ether oxygens (including phenoxy) is 8. The Morgan fingerprint density at radius 3 is 2.08 bits per heavy atom. The van der Waals surface area contributed by atoms with Crippen molar-refractivity contribution < 1.29 is 42.7 Å². The SMILES string of the molecule is O=C(CCC/C=C\C[C@@H]1[C@@H](/C=C/C(CCc2ccc(Br)s2)O[C@H]2CCCCO2)[C@H](OC2CCCCO2)C[C@@H]1OC1CCCCO1)COC1CCCCO1. The quantitative estimate of drug-likeness (QED) is 0.0943. The molecule has 1 saturated carbocycles. The lowest BCUT2D eigenvalue weighted by Crippen LogP contribution is -2.31. The van der Waals surface area contributed by atoms with E-state index in [-0.39, 0.29) is 67.7 Å². The number of carbonyl (C=O) groups is 1. The first-order valence-corrected chi connectivity index (χ1v) is 22.3. The number of halogens is 1. The van der Waals surface area contributed by atoms with Crippen molar-refractivity contribution in [2.24, 2.45) is 11.8 Å². The Morgan fingerprint density at radius 1 is 0.811 bits per heavy atom. The Bertz CT molecular complexity index is 1230. The third-order valence-electron chi connectivity index (χ3n) is 11.1. The van der Waals surface area contributed by atoms with Crippen molar-refractivity contribution >= 4 is 33.0 Å². The van der Waals surface area contributed by atoms with Gasteiger partial charge in [-0.05, 0) is 143 Å². The minimum Gasteiger partial charge on any atom is -0.353 e. The number of hydrogen-bond acceptors (Lipinski definition) is 10. The van der Waals surface area contributed by atoms with Crippen molar-refractivity contribution in [3.05, 3.63) is 45.1 Å². The molecule has 6 rings (SSSR count). The van der Waals surface area contributed by atoms with Crippen LogP contribution in [-0.4, -0.2) is 82.3 Å². The minimum absolute atomic E-state index is 0.00348. The summed E-state index contributed by atoms with van der Waals surface area (Å²) in [6, 6.07) is 4.32. The fraction of sp³-hybridized carbons (Fsp3) is 0.786. The van der Waals surface area contributed by atoms with Gasteiger partial charge in [0.25, 0.3) is 0 Å². The average molecular weight is 824 g/mol. The predicted octanol–water partition coefficient (Wildman–Crippen LogP) is 9.60. The number of thiophene rings is 1. The zero-order valence-electron chi connectivity index (χ0n) is 31.6. The molecule has 4 unspecified atom stereocenters. The standard InChI is InChI=1S/C42H63BrO9S/c43-38-24-22-33(53-38)21-19-32(50-40-16-6-10-26-46-40)20-23-35-34(14-4-2-1-3-13-31(44)30-49-39-15-5-9-25-45-39)36(51-41-17-7-11-27-47-41)29-37(35)52-42-18-8-12-28-48-42/h2,4,20,22-24,32,34-37,39-42H,1,3,5-19,21,25-30H2/b4-2-,23-20+/t32?,34-,35-,36+,37-,39?,40+,41?,42?/m1/s1. The van der Waals surface area contributed by atoms with Crippen molar-refractivity contribution in [3.63, 3.8) is 0 Å². The van der Waals surface area contributed by atoms with Gasteiger partial charge in [-0.2, -0.15) is 0 Å². The van der Waals surface area contributed by atoms with Crippen LogP contribution in [0.5, 0.6) is 0 Å². The Labute approximate surface area is 329 Å². The molecule has 5 fully saturated rings. The summed E-state index contributed by atoms with van der Waals surface area (Å²) in [4.78, 5) is 13.8. The molecule has 5 aliphatic rings. The van der Waals surface area contributed by atoms with Crippen LogP contribution in [0, 0.1) is 11.8 Å².